The maximum Gasteiger partial charge on any atom is 0.416 e. The molecule has 5 rings (SSSR count). The zero-order valence-corrected chi connectivity index (χ0v) is 23.8. The van der Waals surface area contributed by atoms with Crippen LogP contribution in [0.4, 0.5) is 18.9 Å². The van der Waals surface area contributed by atoms with Crippen LogP contribution >= 0.6 is 0 Å². The summed E-state index contributed by atoms with van der Waals surface area (Å²) < 4.78 is 70.7. The summed E-state index contributed by atoms with van der Waals surface area (Å²) in [6.07, 6.45) is 6.07. The standard InChI is InChI=1S/C30H37F3N4O2S/c1-22(2)35-18-26(34-21-35)19-37-27(14-11-23-7-3-4-8-23)20-36(17-24-9-5-6-10-29(24)37)40(38,39)28-15-12-25(13-16-28)30(31,32)33/h5-6,9-10,12-13,15-16,18,21-23,27H,3-4,7-8,11,14,17,19-20H2,1-2H3/t27-/m0/s1. The Hall–Kier alpha value is -2.85. The van der Waals surface area contributed by atoms with Crippen LogP contribution in [0.25, 0.3) is 0 Å². The summed E-state index contributed by atoms with van der Waals surface area (Å²) in [5.41, 5.74) is 1.88. The van der Waals surface area contributed by atoms with Crippen LogP contribution in [-0.2, 0) is 29.3 Å². The van der Waals surface area contributed by atoms with Gasteiger partial charge in [0.25, 0.3) is 0 Å². The highest BCUT2D eigenvalue weighted by Gasteiger charge is 2.36. The lowest BCUT2D eigenvalue weighted by molar-refractivity contribution is -0.137. The third-order valence-electron chi connectivity index (χ3n) is 8.29. The average Bonchev–Trinajstić information content (AvgIpc) is 3.59. The molecule has 0 N–H and O–H groups in total. The van der Waals surface area contributed by atoms with E-state index < -0.39 is 21.8 Å². The van der Waals surface area contributed by atoms with Crippen molar-refractivity contribution >= 4 is 15.7 Å². The van der Waals surface area contributed by atoms with Gasteiger partial charge in [-0.2, -0.15) is 17.5 Å². The third-order valence-corrected chi connectivity index (χ3v) is 10.1. The monoisotopic (exact) mass is 574 g/mol. The number of fused-ring (bicyclic) bond motifs is 1. The molecule has 1 fully saturated rings. The first-order chi connectivity index (χ1) is 19.0. The molecule has 0 radical (unpaired) electrons. The molecule has 0 bridgehead atoms. The molecule has 40 heavy (non-hydrogen) atoms. The van der Waals surface area contributed by atoms with Gasteiger partial charge in [-0.25, -0.2) is 13.4 Å². The highest BCUT2D eigenvalue weighted by molar-refractivity contribution is 7.89. The van der Waals surface area contributed by atoms with Crippen LogP contribution < -0.4 is 4.90 Å². The largest absolute Gasteiger partial charge is 0.416 e. The van der Waals surface area contributed by atoms with E-state index >= 15 is 0 Å². The number of imidazole rings is 1. The number of benzene rings is 2. The van der Waals surface area contributed by atoms with Crippen LogP contribution in [0, 0.1) is 5.92 Å². The maximum absolute atomic E-state index is 13.9. The van der Waals surface area contributed by atoms with Crippen molar-refractivity contribution in [1.82, 2.24) is 13.9 Å². The second-order valence-electron chi connectivity index (χ2n) is 11.4. The number of nitrogens with zero attached hydrogens (tertiary/aromatic N) is 4. The van der Waals surface area contributed by atoms with Crippen LogP contribution in [0.5, 0.6) is 0 Å². The number of sulfonamides is 1. The Balaban J connectivity index is 1.50. The number of halogens is 3. The topological polar surface area (TPSA) is 58.4 Å². The van der Waals surface area contributed by atoms with Crippen molar-refractivity contribution in [3.05, 3.63) is 77.9 Å². The van der Waals surface area contributed by atoms with Gasteiger partial charge < -0.3 is 9.47 Å². The number of rotatable bonds is 8. The molecule has 1 atom stereocenters. The fourth-order valence-electron chi connectivity index (χ4n) is 5.96. The van der Waals surface area contributed by atoms with Gasteiger partial charge in [0, 0.05) is 37.1 Å². The van der Waals surface area contributed by atoms with Crippen LogP contribution in [0.15, 0.2) is 66.0 Å². The molecule has 2 aliphatic rings. The lowest BCUT2D eigenvalue weighted by Gasteiger charge is -2.34. The number of alkyl halides is 3. The molecule has 3 aromatic rings. The molecular weight excluding hydrogens is 537 g/mol. The Morgan fingerprint density at radius 1 is 1.00 bits per heavy atom. The van der Waals surface area contributed by atoms with E-state index in [2.05, 4.69) is 28.3 Å². The molecule has 0 amide bonds. The van der Waals surface area contributed by atoms with Crippen molar-refractivity contribution in [3.63, 3.8) is 0 Å². The first-order valence-corrected chi connectivity index (χ1v) is 15.5. The molecule has 0 saturated heterocycles. The van der Waals surface area contributed by atoms with Gasteiger partial charge >= 0.3 is 6.18 Å². The Bertz CT molecular complexity index is 1400. The van der Waals surface area contributed by atoms with Crippen molar-refractivity contribution < 1.29 is 21.6 Å². The van der Waals surface area contributed by atoms with Crippen LogP contribution in [-0.4, -0.2) is 34.9 Å². The molecule has 216 valence electrons. The molecule has 1 aliphatic carbocycles. The normalized spacial score (nSPS) is 19.2. The number of hydrogen-bond acceptors (Lipinski definition) is 4. The minimum atomic E-state index is -4.53. The summed E-state index contributed by atoms with van der Waals surface area (Å²) >= 11 is 0. The molecule has 2 aromatic carbocycles. The number of para-hydroxylation sites is 1. The minimum absolute atomic E-state index is 0.113. The van der Waals surface area contributed by atoms with Crippen LogP contribution in [0.2, 0.25) is 0 Å². The van der Waals surface area contributed by atoms with E-state index in [9.17, 15) is 21.6 Å². The molecule has 0 unspecified atom stereocenters. The van der Waals surface area contributed by atoms with Gasteiger partial charge in [0.2, 0.25) is 10.0 Å². The molecule has 2 heterocycles. The van der Waals surface area contributed by atoms with E-state index in [4.69, 9.17) is 0 Å². The van der Waals surface area contributed by atoms with Crippen molar-refractivity contribution in [3.8, 4) is 0 Å². The first kappa shape index (κ1) is 28.7. The van der Waals surface area contributed by atoms with E-state index in [0.717, 1.165) is 54.1 Å². The summed E-state index contributed by atoms with van der Waals surface area (Å²) in [4.78, 5) is 6.81. The van der Waals surface area contributed by atoms with Crippen molar-refractivity contribution in [1.29, 1.82) is 0 Å². The van der Waals surface area contributed by atoms with Gasteiger partial charge in [-0.05, 0) is 68.5 Å². The lowest BCUT2D eigenvalue weighted by Crippen LogP contribution is -2.43. The zero-order chi connectivity index (χ0) is 28.5. The van der Waals surface area contributed by atoms with Gasteiger partial charge in [-0.15, -0.1) is 0 Å². The second-order valence-corrected chi connectivity index (χ2v) is 13.3. The van der Waals surface area contributed by atoms with E-state index in [1.165, 1.54) is 30.0 Å². The first-order valence-electron chi connectivity index (χ1n) is 14.1. The Labute approximate surface area is 234 Å². The van der Waals surface area contributed by atoms with E-state index in [-0.39, 0.29) is 30.1 Å². The highest BCUT2D eigenvalue weighted by Crippen LogP contribution is 2.36. The van der Waals surface area contributed by atoms with Crippen LogP contribution in [0.3, 0.4) is 0 Å². The van der Waals surface area contributed by atoms with Gasteiger partial charge in [0.05, 0.1) is 29.0 Å². The SMILES string of the molecule is CC(C)n1cnc(CN2c3ccccc3CN(S(=O)(=O)c3ccc(C(F)(F)F)cc3)C[C@@H]2CCC2CCCC2)c1. The Morgan fingerprint density at radius 2 is 1.70 bits per heavy atom. The van der Waals surface area contributed by atoms with E-state index in [1.54, 1.807) is 0 Å². The average molecular weight is 575 g/mol. The van der Waals surface area contributed by atoms with E-state index in [1.807, 2.05) is 36.8 Å². The molecule has 0 spiro atoms. The fourth-order valence-corrected chi connectivity index (χ4v) is 7.42. The summed E-state index contributed by atoms with van der Waals surface area (Å²) in [6, 6.07) is 11.8. The molecule has 10 heteroatoms. The molecule has 6 nitrogen and oxygen atoms in total. The van der Waals surface area contributed by atoms with Crippen molar-refractivity contribution in [2.75, 3.05) is 11.4 Å². The number of hydrogen-bond donors (Lipinski definition) is 0. The quantitative estimate of drug-likeness (QED) is 0.290. The summed E-state index contributed by atoms with van der Waals surface area (Å²) in [7, 11) is -4.04. The van der Waals surface area contributed by atoms with Crippen molar-refractivity contribution in [2.45, 2.75) is 88.6 Å². The zero-order valence-electron chi connectivity index (χ0n) is 23.0. The summed E-state index contributed by atoms with van der Waals surface area (Å²) in [5.74, 6) is 0.639. The van der Waals surface area contributed by atoms with Crippen molar-refractivity contribution in [2.24, 2.45) is 5.92 Å². The number of aromatic nitrogens is 2. The third kappa shape index (κ3) is 6.22. The Morgan fingerprint density at radius 3 is 2.35 bits per heavy atom. The molecule has 1 aliphatic heterocycles. The molecule has 1 aromatic heterocycles. The highest BCUT2D eigenvalue weighted by atomic mass is 32.2. The second kappa shape index (κ2) is 11.6. The lowest BCUT2D eigenvalue weighted by atomic mass is 9.97. The maximum atomic E-state index is 13.9. The van der Waals surface area contributed by atoms with E-state index in [0.29, 0.717) is 12.5 Å². The minimum Gasteiger partial charge on any atom is -0.361 e. The Kier molecular flexibility index (Phi) is 8.29. The van der Waals surface area contributed by atoms with Gasteiger partial charge in [0.1, 0.15) is 0 Å². The predicted molar refractivity (Wildman–Crippen MR) is 149 cm³/mol. The smallest absolute Gasteiger partial charge is 0.361 e. The summed E-state index contributed by atoms with van der Waals surface area (Å²) in [6.45, 7) is 5.13. The van der Waals surface area contributed by atoms with Gasteiger partial charge in [-0.1, -0.05) is 43.9 Å². The van der Waals surface area contributed by atoms with Gasteiger partial charge in [-0.3, -0.25) is 0 Å². The molecular formula is C30H37F3N4O2S. The number of anilines is 1. The van der Waals surface area contributed by atoms with Crippen LogP contribution in [0.1, 0.15) is 75.2 Å². The summed E-state index contributed by atoms with van der Waals surface area (Å²) in [5, 5.41) is 0. The molecule has 1 saturated carbocycles. The van der Waals surface area contributed by atoms with Gasteiger partial charge in [0.15, 0.2) is 0 Å². The fraction of sp³-hybridized carbons (Fsp3) is 0.500. The predicted octanol–water partition coefficient (Wildman–Crippen LogP) is 7.03.